The molecule has 1 aromatic rings. The summed E-state index contributed by atoms with van der Waals surface area (Å²) < 4.78 is 4.78. The Morgan fingerprint density at radius 1 is 1.60 bits per heavy atom. The van der Waals surface area contributed by atoms with Crippen molar-refractivity contribution in [3.05, 3.63) is 17.5 Å². The van der Waals surface area contributed by atoms with E-state index in [9.17, 15) is 14.4 Å². The fourth-order valence-electron chi connectivity index (χ4n) is 2.02. The second-order valence-corrected chi connectivity index (χ2v) is 4.66. The number of hydrogen-bond donors (Lipinski definition) is 2. The molecule has 0 aliphatic carbocycles. The number of aliphatic carboxylic acids is 1. The first kappa shape index (κ1) is 14.0. The quantitative estimate of drug-likeness (QED) is 0.762. The van der Waals surface area contributed by atoms with Crippen LogP contribution in [0.3, 0.4) is 0 Å². The number of carboxylic acids is 1. The van der Waals surface area contributed by atoms with E-state index in [4.69, 9.17) is 9.63 Å². The second-order valence-electron chi connectivity index (χ2n) is 4.66. The molecule has 8 heteroatoms. The Hall–Kier alpha value is -2.38. The monoisotopic (exact) mass is 281 g/mol. The van der Waals surface area contributed by atoms with Gasteiger partial charge in [0, 0.05) is 32.1 Å². The van der Waals surface area contributed by atoms with Crippen molar-refractivity contribution in [2.24, 2.45) is 5.92 Å². The van der Waals surface area contributed by atoms with E-state index in [1.165, 1.54) is 11.0 Å². The molecule has 2 N–H and O–H groups in total. The molecule has 0 saturated carbocycles. The fourth-order valence-corrected chi connectivity index (χ4v) is 2.02. The Morgan fingerprint density at radius 3 is 2.90 bits per heavy atom. The molecule has 1 aliphatic rings. The van der Waals surface area contributed by atoms with Crippen molar-refractivity contribution in [3.63, 3.8) is 0 Å². The Labute approximate surface area is 114 Å². The van der Waals surface area contributed by atoms with Crippen molar-refractivity contribution in [1.82, 2.24) is 15.4 Å². The third-order valence-electron chi connectivity index (χ3n) is 3.09. The lowest BCUT2D eigenvalue weighted by Crippen LogP contribution is -2.36. The minimum atomic E-state index is -0.969. The zero-order valence-corrected chi connectivity index (χ0v) is 11.0. The molecule has 2 heterocycles. The van der Waals surface area contributed by atoms with Crippen LogP contribution in [0.5, 0.6) is 0 Å². The standard InChI is InChI=1S/C12H15N3O5/c1-7-4-9(14-20-7)11(17)13-2-3-15-6-8(12(18)19)5-10(15)16/h4,8H,2-3,5-6H2,1H3,(H,13,17)(H,18,19). The Balaban J connectivity index is 1.77. The molecule has 1 atom stereocenters. The number of likely N-dealkylation sites (tertiary alicyclic amines) is 1. The second kappa shape index (κ2) is 5.72. The van der Waals surface area contributed by atoms with Crippen LogP contribution < -0.4 is 5.32 Å². The van der Waals surface area contributed by atoms with Crippen LogP contribution in [-0.4, -0.2) is 52.6 Å². The molecular formula is C12H15N3O5. The van der Waals surface area contributed by atoms with Crippen molar-refractivity contribution >= 4 is 17.8 Å². The van der Waals surface area contributed by atoms with Crippen LogP contribution in [0.15, 0.2) is 10.6 Å². The normalized spacial score (nSPS) is 18.4. The van der Waals surface area contributed by atoms with Gasteiger partial charge in [-0.3, -0.25) is 14.4 Å². The van der Waals surface area contributed by atoms with Crippen LogP contribution >= 0.6 is 0 Å². The summed E-state index contributed by atoms with van der Waals surface area (Å²) >= 11 is 0. The van der Waals surface area contributed by atoms with E-state index in [0.29, 0.717) is 5.76 Å². The molecule has 0 radical (unpaired) electrons. The van der Waals surface area contributed by atoms with E-state index in [-0.39, 0.29) is 43.6 Å². The number of aryl methyl sites for hydroxylation is 1. The number of hydrogen-bond acceptors (Lipinski definition) is 5. The number of aromatic nitrogens is 1. The van der Waals surface area contributed by atoms with E-state index in [1.54, 1.807) is 6.92 Å². The van der Waals surface area contributed by atoms with Gasteiger partial charge < -0.3 is 19.8 Å². The summed E-state index contributed by atoms with van der Waals surface area (Å²) in [5.74, 6) is -1.68. The summed E-state index contributed by atoms with van der Waals surface area (Å²) in [6, 6.07) is 1.51. The minimum absolute atomic E-state index is 0.0196. The molecule has 108 valence electrons. The van der Waals surface area contributed by atoms with Gasteiger partial charge in [0.25, 0.3) is 5.91 Å². The van der Waals surface area contributed by atoms with Gasteiger partial charge in [-0.15, -0.1) is 0 Å². The topological polar surface area (TPSA) is 113 Å². The third-order valence-corrected chi connectivity index (χ3v) is 3.09. The first-order valence-electron chi connectivity index (χ1n) is 6.19. The van der Waals surface area contributed by atoms with Gasteiger partial charge in [0.15, 0.2) is 5.69 Å². The highest BCUT2D eigenvalue weighted by molar-refractivity contribution is 5.92. The SMILES string of the molecule is Cc1cc(C(=O)NCCN2CC(C(=O)O)CC2=O)no1. The molecule has 2 rings (SSSR count). The summed E-state index contributed by atoms with van der Waals surface area (Å²) in [7, 11) is 0. The van der Waals surface area contributed by atoms with E-state index >= 15 is 0 Å². The largest absolute Gasteiger partial charge is 0.481 e. The van der Waals surface area contributed by atoms with Crippen LogP contribution in [-0.2, 0) is 9.59 Å². The summed E-state index contributed by atoms with van der Waals surface area (Å²) in [5.41, 5.74) is 0.179. The number of carbonyl (C=O) groups excluding carboxylic acids is 2. The maximum absolute atomic E-state index is 11.7. The summed E-state index contributed by atoms with van der Waals surface area (Å²) in [4.78, 5) is 35.4. The minimum Gasteiger partial charge on any atom is -0.481 e. The number of amides is 2. The van der Waals surface area contributed by atoms with Gasteiger partial charge in [0.05, 0.1) is 5.92 Å². The van der Waals surface area contributed by atoms with Crippen LogP contribution in [0.1, 0.15) is 22.7 Å². The van der Waals surface area contributed by atoms with Crippen LogP contribution in [0, 0.1) is 12.8 Å². The van der Waals surface area contributed by atoms with E-state index in [1.807, 2.05) is 0 Å². The lowest BCUT2D eigenvalue weighted by Gasteiger charge is -2.15. The van der Waals surface area contributed by atoms with Gasteiger partial charge in [-0.25, -0.2) is 0 Å². The number of carboxylic acid groups (broad SMARTS) is 1. The lowest BCUT2D eigenvalue weighted by atomic mass is 10.1. The van der Waals surface area contributed by atoms with Gasteiger partial charge in [0.1, 0.15) is 5.76 Å². The molecule has 0 spiro atoms. The maximum Gasteiger partial charge on any atom is 0.308 e. The summed E-state index contributed by atoms with van der Waals surface area (Å²) in [5, 5.41) is 15.0. The van der Waals surface area contributed by atoms with E-state index in [0.717, 1.165) is 0 Å². The Bertz CT molecular complexity index is 539. The van der Waals surface area contributed by atoms with Crippen LogP contribution in [0.4, 0.5) is 0 Å². The summed E-state index contributed by atoms with van der Waals surface area (Å²) in [6.45, 7) is 2.39. The first-order chi connectivity index (χ1) is 9.47. The van der Waals surface area contributed by atoms with Gasteiger partial charge in [0.2, 0.25) is 5.91 Å². The van der Waals surface area contributed by atoms with Gasteiger partial charge in [-0.1, -0.05) is 5.16 Å². The highest BCUT2D eigenvalue weighted by Gasteiger charge is 2.33. The molecule has 0 bridgehead atoms. The average molecular weight is 281 g/mol. The number of carbonyl (C=O) groups is 3. The molecule has 1 saturated heterocycles. The molecular weight excluding hydrogens is 266 g/mol. The molecule has 1 aliphatic heterocycles. The van der Waals surface area contributed by atoms with Crippen LogP contribution in [0.2, 0.25) is 0 Å². The van der Waals surface area contributed by atoms with E-state index in [2.05, 4.69) is 10.5 Å². The van der Waals surface area contributed by atoms with Gasteiger partial charge >= 0.3 is 5.97 Å². The number of nitrogens with zero attached hydrogens (tertiary/aromatic N) is 2. The maximum atomic E-state index is 11.7. The number of nitrogens with one attached hydrogen (secondary N) is 1. The van der Waals surface area contributed by atoms with E-state index < -0.39 is 11.9 Å². The number of rotatable bonds is 5. The first-order valence-corrected chi connectivity index (χ1v) is 6.19. The van der Waals surface area contributed by atoms with Crippen molar-refractivity contribution in [3.8, 4) is 0 Å². The predicted molar refractivity (Wildman–Crippen MR) is 65.9 cm³/mol. The molecule has 0 aromatic carbocycles. The van der Waals surface area contributed by atoms with Gasteiger partial charge in [-0.05, 0) is 6.92 Å². The molecule has 1 aromatic heterocycles. The zero-order chi connectivity index (χ0) is 14.7. The van der Waals surface area contributed by atoms with Crippen molar-refractivity contribution in [1.29, 1.82) is 0 Å². The molecule has 1 fully saturated rings. The predicted octanol–water partition coefficient (Wildman–Crippen LogP) is -0.354. The average Bonchev–Trinajstić information content (AvgIpc) is 2.96. The Morgan fingerprint density at radius 2 is 2.35 bits per heavy atom. The summed E-state index contributed by atoms with van der Waals surface area (Å²) in [6.07, 6.45) is 0.0196. The van der Waals surface area contributed by atoms with Crippen LogP contribution in [0.25, 0.3) is 0 Å². The fraction of sp³-hybridized carbons (Fsp3) is 0.500. The lowest BCUT2D eigenvalue weighted by molar-refractivity contribution is -0.141. The zero-order valence-electron chi connectivity index (χ0n) is 11.0. The highest BCUT2D eigenvalue weighted by atomic mass is 16.5. The van der Waals surface area contributed by atoms with Gasteiger partial charge in [-0.2, -0.15) is 0 Å². The Kier molecular flexibility index (Phi) is 4.02. The molecule has 20 heavy (non-hydrogen) atoms. The highest BCUT2D eigenvalue weighted by Crippen LogP contribution is 2.17. The molecule has 8 nitrogen and oxygen atoms in total. The third kappa shape index (κ3) is 3.14. The molecule has 1 unspecified atom stereocenters. The van der Waals surface area contributed by atoms with Crippen molar-refractivity contribution in [2.45, 2.75) is 13.3 Å². The molecule has 2 amide bonds. The smallest absolute Gasteiger partial charge is 0.308 e. The van der Waals surface area contributed by atoms with Crippen molar-refractivity contribution < 1.29 is 24.0 Å². The van der Waals surface area contributed by atoms with Crippen molar-refractivity contribution in [2.75, 3.05) is 19.6 Å².